The third kappa shape index (κ3) is 2.93. The van der Waals surface area contributed by atoms with Crippen LogP contribution in [-0.4, -0.2) is 26.2 Å². The molecular weight excluding hydrogens is 236 g/mol. The lowest BCUT2D eigenvalue weighted by Gasteiger charge is -2.28. The van der Waals surface area contributed by atoms with Crippen LogP contribution >= 0.6 is 0 Å². The quantitative estimate of drug-likeness (QED) is 0.872. The molecule has 3 heteroatoms. The van der Waals surface area contributed by atoms with Gasteiger partial charge < -0.3 is 15.4 Å². The van der Waals surface area contributed by atoms with Crippen molar-refractivity contribution >= 4 is 0 Å². The van der Waals surface area contributed by atoms with E-state index in [1.165, 1.54) is 43.4 Å². The van der Waals surface area contributed by atoms with Gasteiger partial charge >= 0.3 is 0 Å². The van der Waals surface area contributed by atoms with E-state index in [-0.39, 0.29) is 0 Å². The van der Waals surface area contributed by atoms with Crippen LogP contribution in [0.15, 0.2) is 18.2 Å². The predicted molar refractivity (Wildman–Crippen MR) is 77.7 cm³/mol. The van der Waals surface area contributed by atoms with Crippen LogP contribution in [0, 0.1) is 0 Å². The van der Waals surface area contributed by atoms with Gasteiger partial charge in [0.15, 0.2) is 0 Å². The van der Waals surface area contributed by atoms with Gasteiger partial charge in [-0.25, -0.2) is 0 Å². The third-order valence-corrected chi connectivity index (χ3v) is 4.40. The number of benzene rings is 1. The minimum Gasteiger partial charge on any atom is -0.493 e. The highest BCUT2D eigenvalue weighted by Gasteiger charge is 2.20. The summed E-state index contributed by atoms with van der Waals surface area (Å²) in [6.45, 7) is 2.02. The molecular formula is C16H24N2O. The monoisotopic (exact) mass is 260 g/mol. The summed E-state index contributed by atoms with van der Waals surface area (Å²) in [6, 6.07) is 7.79. The molecule has 1 aromatic rings. The standard InChI is InChI=1S/C16H24N2O/c1-17-15(11-14-4-2-3-8-18-14)12-5-6-16-13(10-12)7-9-19-16/h5-6,10,14-15,17-18H,2-4,7-9,11H2,1H3. The van der Waals surface area contributed by atoms with E-state index in [0.29, 0.717) is 12.1 Å². The number of fused-ring (bicyclic) bond motifs is 1. The zero-order valence-electron chi connectivity index (χ0n) is 11.7. The highest BCUT2D eigenvalue weighted by molar-refractivity contribution is 5.40. The molecule has 3 rings (SSSR count). The van der Waals surface area contributed by atoms with Crippen LogP contribution in [0.3, 0.4) is 0 Å². The second kappa shape index (κ2) is 5.93. The average Bonchev–Trinajstić information content (AvgIpc) is 2.93. The molecule has 3 nitrogen and oxygen atoms in total. The van der Waals surface area contributed by atoms with Crippen molar-refractivity contribution in [2.24, 2.45) is 0 Å². The number of nitrogens with one attached hydrogen (secondary N) is 2. The summed E-state index contributed by atoms with van der Waals surface area (Å²) < 4.78 is 5.58. The Bertz CT molecular complexity index is 427. The maximum Gasteiger partial charge on any atom is 0.122 e. The molecule has 2 atom stereocenters. The number of hydrogen-bond acceptors (Lipinski definition) is 3. The highest BCUT2D eigenvalue weighted by atomic mass is 16.5. The Balaban J connectivity index is 1.70. The molecule has 104 valence electrons. The van der Waals surface area contributed by atoms with Crippen LogP contribution < -0.4 is 15.4 Å². The summed E-state index contributed by atoms with van der Waals surface area (Å²) in [7, 11) is 2.07. The average molecular weight is 260 g/mol. The van der Waals surface area contributed by atoms with E-state index in [2.05, 4.69) is 35.9 Å². The van der Waals surface area contributed by atoms with E-state index in [1.807, 2.05) is 0 Å². The molecule has 19 heavy (non-hydrogen) atoms. The Morgan fingerprint density at radius 3 is 3.16 bits per heavy atom. The SMILES string of the molecule is CNC(CC1CCCCN1)c1ccc2c(c1)CCO2. The van der Waals surface area contributed by atoms with E-state index in [0.717, 1.165) is 18.8 Å². The van der Waals surface area contributed by atoms with Crippen molar-refractivity contribution in [1.82, 2.24) is 10.6 Å². The van der Waals surface area contributed by atoms with Gasteiger partial charge in [0.25, 0.3) is 0 Å². The fraction of sp³-hybridized carbons (Fsp3) is 0.625. The molecule has 2 unspecified atom stereocenters. The molecule has 0 bridgehead atoms. The summed E-state index contributed by atoms with van der Waals surface area (Å²) in [4.78, 5) is 0. The predicted octanol–water partition coefficient (Wildman–Crippen LogP) is 2.41. The fourth-order valence-corrected chi connectivity index (χ4v) is 3.25. The summed E-state index contributed by atoms with van der Waals surface area (Å²) in [5, 5.41) is 7.12. The number of hydrogen-bond donors (Lipinski definition) is 2. The molecule has 2 aliphatic rings. The first-order valence-electron chi connectivity index (χ1n) is 7.53. The summed E-state index contributed by atoms with van der Waals surface area (Å²) >= 11 is 0. The third-order valence-electron chi connectivity index (χ3n) is 4.40. The van der Waals surface area contributed by atoms with Gasteiger partial charge in [0.2, 0.25) is 0 Å². The summed E-state index contributed by atoms with van der Waals surface area (Å²) in [6.07, 6.45) is 6.24. The van der Waals surface area contributed by atoms with Crippen molar-refractivity contribution in [2.45, 2.75) is 44.2 Å². The van der Waals surface area contributed by atoms with Crippen molar-refractivity contribution in [3.63, 3.8) is 0 Å². The molecule has 0 spiro atoms. The van der Waals surface area contributed by atoms with Gasteiger partial charge in [-0.15, -0.1) is 0 Å². The Morgan fingerprint density at radius 2 is 2.37 bits per heavy atom. The first-order chi connectivity index (χ1) is 9.36. The minimum atomic E-state index is 0.446. The van der Waals surface area contributed by atoms with Crippen LogP contribution in [0.2, 0.25) is 0 Å². The van der Waals surface area contributed by atoms with Gasteiger partial charge in [-0.1, -0.05) is 18.6 Å². The van der Waals surface area contributed by atoms with Crippen molar-refractivity contribution < 1.29 is 4.74 Å². The van der Waals surface area contributed by atoms with Crippen molar-refractivity contribution in [2.75, 3.05) is 20.2 Å². The smallest absolute Gasteiger partial charge is 0.122 e. The van der Waals surface area contributed by atoms with Gasteiger partial charge in [0, 0.05) is 18.5 Å². The van der Waals surface area contributed by atoms with Gasteiger partial charge in [0.1, 0.15) is 5.75 Å². The molecule has 0 radical (unpaired) electrons. The van der Waals surface area contributed by atoms with E-state index < -0.39 is 0 Å². The molecule has 0 amide bonds. The van der Waals surface area contributed by atoms with Gasteiger partial charge in [-0.2, -0.15) is 0 Å². The maximum atomic E-state index is 5.58. The Kier molecular flexibility index (Phi) is 4.04. The van der Waals surface area contributed by atoms with Crippen LogP contribution in [0.4, 0.5) is 0 Å². The van der Waals surface area contributed by atoms with Crippen LogP contribution in [0.25, 0.3) is 0 Å². The van der Waals surface area contributed by atoms with Crippen molar-refractivity contribution in [1.29, 1.82) is 0 Å². The van der Waals surface area contributed by atoms with Gasteiger partial charge in [-0.05, 0) is 50.0 Å². The molecule has 2 heterocycles. The van der Waals surface area contributed by atoms with Crippen LogP contribution in [-0.2, 0) is 6.42 Å². The largest absolute Gasteiger partial charge is 0.493 e. The lowest BCUT2D eigenvalue weighted by Crippen LogP contribution is -2.37. The first-order valence-corrected chi connectivity index (χ1v) is 7.53. The molecule has 0 aliphatic carbocycles. The van der Waals surface area contributed by atoms with E-state index in [1.54, 1.807) is 0 Å². The second-order valence-electron chi connectivity index (χ2n) is 5.69. The van der Waals surface area contributed by atoms with Crippen molar-refractivity contribution in [3.05, 3.63) is 29.3 Å². The van der Waals surface area contributed by atoms with Gasteiger partial charge in [0.05, 0.1) is 6.61 Å². The van der Waals surface area contributed by atoms with E-state index in [4.69, 9.17) is 4.74 Å². The molecule has 2 N–H and O–H groups in total. The van der Waals surface area contributed by atoms with Crippen LogP contribution in [0.1, 0.15) is 42.9 Å². The maximum absolute atomic E-state index is 5.58. The topological polar surface area (TPSA) is 33.3 Å². The highest BCUT2D eigenvalue weighted by Crippen LogP contribution is 2.30. The molecule has 1 saturated heterocycles. The molecule has 0 saturated carbocycles. The zero-order valence-corrected chi connectivity index (χ0v) is 11.7. The number of rotatable bonds is 4. The van der Waals surface area contributed by atoms with Crippen LogP contribution in [0.5, 0.6) is 5.75 Å². The van der Waals surface area contributed by atoms with Gasteiger partial charge in [-0.3, -0.25) is 0 Å². The Hall–Kier alpha value is -1.06. The van der Waals surface area contributed by atoms with Crippen molar-refractivity contribution in [3.8, 4) is 5.75 Å². The first kappa shape index (κ1) is 12.9. The lowest BCUT2D eigenvalue weighted by atomic mass is 9.93. The fourth-order valence-electron chi connectivity index (χ4n) is 3.25. The molecule has 2 aliphatic heterocycles. The number of ether oxygens (including phenoxy) is 1. The summed E-state index contributed by atoms with van der Waals surface area (Å²) in [5.41, 5.74) is 2.77. The molecule has 1 aromatic carbocycles. The zero-order chi connectivity index (χ0) is 13.1. The second-order valence-corrected chi connectivity index (χ2v) is 5.69. The summed E-state index contributed by atoms with van der Waals surface area (Å²) in [5.74, 6) is 1.08. The Labute approximate surface area is 115 Å². The lowest BCUT2D eigenvalue weighted by molar-refractivity contribution is 0.346. The molecule has 0 aromatic heterocycles. The minimum absolute atomic E-state index is 0.446. The molecule has 1 fully saturated rings. The van der Waals surface area contributed by atoms with E-state index >= 15 is 0 Å². The van der Waals surface area contributed by atoms with E-state index in [9.17, 15) is 0 Å². The number of piperidine rings is 1. The normalized spacial score (nSPS) is 23.7. The Morgan fingerprint density at radius 1 is 1.42 bits per heavy atom.